The standard InChI is InChI=1S/C18H16BrNO3S/c1-12-2-8-15(9-3-12)24(22,23)17-16(18(17,10-20)11-21)13-4-6-14(19)7-5-13/h2-9,16-17,21H,11H2,1H3/t16-,17+,18-/m1/s1. The fraction of sp³-hybridized carbons (Fsp3) is 0.278. The maximum Gasteiger partial charge on any atom is 0.183 e. The summed E-state index contributed by atoms with van der Waals surface area (Å²) >= 11 is 3.34. The minimum absolute atomic E-state index is 0.186. The van der Waals surface area contributed by atoms with Crippen LogP contribution in [0.2, 0.25) is 0 Å². The zero-order valence-electron chi connectivity index (χ0n) is 13.0. The Balaban J connectivity index is 2.06. The highest BCUT2D eigenvalue weighted by Gasteiger charge is 2.72. The summed E-state index contributed by atoms with van der Waals surface area (Å²) in [4.78, 5) is 0.186. The molecular weight excluding hydrogens is 390 g/mol. The third-order valence-corrected chi connectivity index (χ3v) is 7.46. The fourth-order valence-corrected chi connectivity index (χ4v) is 5.81. The van der Waals surface area contributed by atoms with Gasteiger partial charge in [0.25, 0.3) is 0 Å². The lowest BCUT2D eigenvalue weighted by Gasteiger charge is -2.06. The molecule has 2 aromatic carbocycles. The van der Waals surface area contributed by atoms with Crippen LogP contribution < -0.4 is 0 Å². The van der Waals surface area contributed by atoms with Crippen LogP contribution in [0, 0.1) is 23.7 Å². The fourth-order valence-electron chi connectivity index (χ4n) is 3.23. The van der Waals surface area contributed by atoms with Crippen LogP contribution in [0.1, 0.15) is 17.0 Å². The molecule has 2 aromatic rings. The number of nitriles is 1. The molecule has 0 bridgehead atoms. The average Bonchev–Trinajstić information content (AvgIpc) is 3.26. The molecule has 0 saturated heterocycles. The van der Waals surface area contributed by atoms with Gasteiger partial charge in [-0.15, -0.1) is 0 Å². The van der Waals surface area contributed by atoms with E-state index in [1.165, 1.54) is 0 Å². The van der Waals surface area contributed by atoms with Crippen LogP contribution >= 0.6 is 15.9 Å². The van der Waals surface area contributed by atoms with Crippen LogP contribution in [-0.2, 0) is 9.84 Å². The quantitative estimate of drug-likeness (QED) is 0.846. The van der Waals surface area contributed by atoms with Crippen LogP contribution in [0.3, 0.4) is 0 Å². The van der Waals surface area contributed by atoms with E-state index in [1.54, 1.807) is 36.4 Å². The Bertz CT molecular complexity index is 901. The highest BCUT2D eigenvalue weighted by atomic mass is 79.9. The molecule has 0 aliphatic heterocycles. The van der Waals surface area contributed by atoms with E-state index in [1.807, 2.05) is 19.1 Å². The first-order valence-corrected chi connectivity index (χ1v) is 9.79. The topological polar surface area (TPSA) is 78.2 Å². The summed E-state index contributed by atoms with van der Waals surface area (Å²) in [5.41, 5.74) is 0.412. The molecule has 1 fully saturated rings. The molecule has 1 saturated carbocycles. The van der Waals surface area contributed by atoms with Crippen LogP contribution in [0.5, 0.6) is 0 Å². The Morgan fingerprint density at radius 2 is 1.75 bits per heavy atom. The number of nitrogens with zero attached hydrogens (tertiary/aromatic N) is 1. The maximum atomic E-state index is 13.0. The number of hydrogen-bond donors (Lipinski definition) is 1. The number of rotatable bonds is 4. The third-order valence-electron chi connectivity index (χ3n) is 4.64. The first kappa shape index (κ1) is 17.2. The number of benzene rings is 2. The minimum atomic E-state index is -3.72. The van der Waals surface area contributed by atoms with Gasteiger partial charge in [0.15, 0.2) is 9.84 Å². The van der Waals surface area contributed by atoms with Gasteiger partial charge in [-0.25, -0.2) is 8.42 Å². The Labute approximate surface area is 149 Å². The minimum Gasteiger partial charge on any atom is -0.395 e. The summed E-state index contributed by atoms with van der Waals surface area (Å²) < 4.78 is 26.9. The van der Waals surface area contributed by atoms with Gasteiger partial charge in [-0.2, -0.15) is 5.26 Å². The van der Waals surface area contributed by atoms with Gasteiger partial charge in [0.05, 0.1) is 22.8 Å². The molecule has 0 spiro atoms. The van der Waals surface area contributed by atoms with E-state index >= 15 is 0 Å². The largest absolute Gasteiger partial charge is 0.395 e. The number of hydrogen-bond acceptors (Lipinski definition) is 4. The number of aliphatic hydroxyl groups excluding tert-OH is 1. The van der Waals surface area contributed by atoms with Gasteiger partial charge in [0, 0.05) is 10.4 Å². The zero-order chi connectivity index (χ0) is 17.5. The predicted octanol–water partition coefficient (Wildman–Crippen LogP) is 3.20. The number of aryl methyl sites for hydroxylation is 1. The molecule has 1 N–H and O–H groups in total. The summed E-state index contributed by atoms with van der Waals surface area (Å²) in [6, 6.07) is 15.8. The van der Waals surface area contributed by atoms with E-state index in [-0.39, 0.29) is 4.90 Å². The van der Waals surface area contributed by atoms with E-state index in [0.29, 0.717) is 0 Å². The molecule has 3 rings (SSSR count). The molecule has 24 heavy (non-hydrogen) atoms. The Kier molecular flexibility index (Phi) is 4.28. The van der Waals surface area contributed by atoms with Crippen molar-refractivity contribution in [2.45, 2.75) is 23.0 Å². The van der Waals surface area contributed by atoms with Gasteiger partial charge >= 0.3 is 0 Å². The molecule has 124 valence electrons. The summed E-state index contributed by atoms with van der Waals surface area (Å²) in [7, 11) is -3.72. The Hall–Kier alpha value is -1.68. The summed E-state index contributed by atoms with van der Waals surface area (Å²) in [6.45, 7) is 1.39. The molecule has 1 aliphatic carbocycles. The van der Waals surface area contributed by atoms with Crippen LogP contribution in [0.4, 0.5) is 0 Å². The molecule has 0 heterocycles. The summed E-state index contributed by atoms with van der Waals surface area (Å²) in [5.74, 6) is -0.535. The lowest BCUT2D eigenvalue weighted by Crippen LogP contribution is -2.18. The van der Waals surface area contributed by atoms with Gasteiger partial charge in [-0.1, -0.05) is 45.8 Å². The molecule has 0 amide bonds. The normalized spacial score (nSPS) is 25.9. The van der Waals surface area contributed by atoms with E-state index in [9.17, 15) is 18.8 Å². The van der Waals surface area contributed by atoms with Crippen molar-refractivity contribution >= 4 is 25.8 Å². The monoisotopic (exact) mass is 405 g/mol. The van der Waals surface area contributed by atoms with E-state index < -0.39 is 33.0 Å². The van der Waals surface area contributed by atoms with Crippen molar-refractivity contribution in [1.29, 1.82) is 5.26 Å². The Morgan fingerprint density at radius 3 is 2.25 bits per heavy atom. The average molecular weight is 406 g/mol. The first-order valence-electron chi connectivity index (χ1n) is 7.45. The Morgan fingerprint density at radius 1 is 1.17 bits per heavy atom. The SMILES string of the molecule is Cc1ccc(S(=O)(=O)[C@H]2[C@@H](c3ccc(Br)cc3)[C@@]2(C#N)CO)cc1. The molecule has 0 unspecified atom stereocenters. The van der Waals surface area contributed by atoms with Gasteiger partial charge in [0.1, 0.15) is 5.41 Å². The molecule has 0 radical (unpaired) electrons. The molecule has 4 nitrogen and oxygen atoms in total. The van der Waals surface area contributed by atoms with Crippen LogP contribution in [0.15, 0.2) is 57.9 Å². The van der Waals surface area contributed by atoms with Crippen molar-refractivity contribution in [2.75, 3.05) is 6.61 Å². The van der Waals surface area contributed by atoms with E-state index in [2.05, 4.69) is 22.0 Å². The van der Waals surface area contributed by atoms with Gasteiger partial charge in [-0.3, -0.25) is 0 Å². The van der Waals surface area contributed by atoms with Crippen LogP contribution in [0.25, 0.3) is 0 Å². The second kappa shape index (κ2) is 5.99. The number of sulfone groups is 1. The lowest BCUT2D eigenvalue weighted by atomic mass is 10.0. The molecular formula is C18H16BrNO3S. The molecule has 3 atom stereocenters. The highest BCUT2D eigenvalue weighted by molar-refractivity contribution is 9.10. The maximum absolute atomic E-state index is 13.0. The highest BCUT2D eigenvalue weighted by Crippen LogP contribution is 2.63. The van der Waals surface area contributed by atoms with Crippen molar-refractivity contribution in [3.05, 3.63) is 64.1 Å². The molecule has 0 aromatic heterocycles. The second-order valence-corrected chi connectivity index (χ2v) is 9.10. The van der Waals surface area contributed by atoms with E-state index in [0.717, 1.165) is 15.6 Å². The van der Waals surface area contributed by atoms with Crippen molar-refractivity contribution in [1.82, 2.24) is 0 Å². The predicted molar refractivity (Wildman–Crippen MR) is 94.2 cm³/mol. The van der Waals surface area contributed by atoms with Crippen molar-refractivity contribution in [2.24, 2.45) is 5.41 Å². The second-order valence-electron chi connectivity index (χ2n) is 6.12. The first-order chi connectivity index (χ1) is 11.4. The van der Waals surface area contributed by atoms with Gasteiger partial charge in [-0.05, 0) is 36.8 Å². The number of aliphatic hydroxyl groups is 1. The van der Waals surface area contributed by atoms with E-state index in [4.69, 9.17) is 0 Å². The smallest absolute Gasteiger partial charge is 0.183 e. The zero-order valence-corrected chi connectivity index (χ0v) is 15.4. The number of halogens is 1. The van der Waals surface area contributed by atoms with Gasteiger partial charge in [0.2, 0.25) is 0 Å². The lowest BCUT2D eigenvalue weighted by molar-refractivity contribution is 0.242. The summed E-state index contributed by atoms with van der Waals surface area (Å²) in [6.07, 6.45) is 0. The van der Waals surface area contributed by atoms with Crippen molar-refractivity contribution in [3.63, 3.8) is 0 Å². The van der Waals surface area contributed by atoms with Crippen molar-refractivity contribution in [3.8, 4) is 6.07 Å². The third kappa shape index (κ3) is 2.57. The molecule has 6 heteroatoms. The van der Waals surface area contributed by atoms with Crippen molar-refractivity contribution < 1.29 is 13.5 Å². The molecule has 1 aliphatic rings. The summed E-state index contributed by atoms with van der Waals surface area (Å²) in [5, 5.41) is 18.4. The van der Waals surface area contributed by atoms with Gasteiger partial charge < -0.3 is 5.11 Å². The van der Waals surface area contributed by atoms with Crippen LogP contribution in [-0.4, -0.2) is 25.4 Å².